The number of piperidine rings is 1. The number of likely N-dealkylation sites (tertiary alicyclic amines) is 1. The molecule has 2 N–H and O–H groups in total. The molecule has 0 spiro atoms. The van der Waals surface area contributed by atoms with Crippen LogP contribution in [0.3, 0.4) is 0 Å². The van der Waals surface area contributed by atoms with E-state index in [1.165, 1.54) is 25.5 Å². The molecule has 0 aliphatic carbocycles. The summed E-state index contributed by atoms with van der Waals surface area (Å²) in [5.74, 6) is -0.442. The number of hydrogen-bond acceptors (Lipinski definition) is 5. The highest BCUT2D eigenvalue weighted by molar-refractivity contribution is 6.30. The van der Waals surface area contributed by atoms with Crippen LogP contribution in [0.5, 0.6) is 5.88 Å². The highest BCUT2D eigenvalue weighted by Crippen LogP contribution is 2.17. The van der Waals surface area contributed by atoms with E-state index >= 15 is 0 Å². The van der Waals surface area contributed by atoms with Gasteiger partial charge in [-0.25, -0.2) is 9.36 Å². The molecule has 1 aromatic heterocycles. The minimum Gasteiger partial charge on any atom is -0.493 e. The van der Waals surface area contributed by atoms with Crippen LogP contribution in [0, 0.1) is 0 Å². The molecule has 0 unspecified atom stereocenters. The molecule has 0 saturated carbocycles. The van der Waals surface area contributed by atoms with E-state index in [9.17, 15) is 14.7 Å². The van der Waals surface area contributed by atoms with Crippen molar-refractivity contribution in [1.29, 1.82) is 0 Å². The number of aliphatic imine (C=N–C) groups is 1. The minimum atomic E-state index is -0.722. The zero-order valence-corrected chi connectivity index (χ0v) is 15.1. The van der Waals surface area contributed by atoms with Gasteiger partial charge in [-0.2, -0.15) is 0 Å². The van der Waals surface area contributed by atoms with Crippen LogP contribution in [-0.4, -0.2) is 52.0 Å². The van der Waals surface area contributed by atoms with Gasteiger partial charge in [0.15, 0.2) is 0 Å². The van der Waals surface area contributed by atoms with E-state index < -0.39 is 17.1 Å². The summed E-state index contributed by atoms with van der Waals surface area (Å²) >= 11 is 5.85. The van der Waals surface area contributed by atoms with Crippen molar-refractivity contribution in [2.75, 3.05) is 26.2 Å². The monoisotopic (exact) mass is 376 g/mol. The molecule has 0 atom stereocenters. The smallest absolute Gasteiger partial charge is 0.335 e. The standard InChI is InChI=1S/C18H21ClN4O3/c19-13-4-6-14(7-5-13)23-17(25)15(16(24)21-18(23)26)12-20-8-11-22-9-2-1-3-10-22/h4-7,12,25H,1-3,8-11H2,(H,21,24,26). The topological polar surface area (TPSA) is 90.7 Å². The van der Waals surface area contributed by atoms with E-state index in [0.29, 0.717) is 17.3 Å². The first-order chi connectivity index (χ1) is 12.6. The summed E-state index contributed by atoms with van der Waals surface area (Å²) in [6.45, 7) is 3.48. The van der Waals surface area contributed by atoms with Crippen LogP contribution in [0.15, 0.2) is 38.8 Å². The Bertz CT molecular complexity index is 896. The number of halogens is 1. The van der Waals surface area contributed by atoms with Gasteiger partial charge in [0.05, 0.1) is 12.2 Å². The molecule has 0 radical (unpaired) electrons. The van der Waals surface area contributed by atoms with E-state index in [1.807, 2.05) is 0 Å². The molecule has 138 valence electrons. The maximum Gasteiger partial charge on any atom is 0.335 e. The third-order valence-corrected chi connectivity index (χ3v) is 4.67. The van der Waals surface area contributed by atoms with E-state index in [2.05, 4.69) is 14.9 Å². The molecule has 2 aromatic rings. The number of aromatic hydroxyl groups is 1. The fourth-order valence-corrected chi connectivity index (χ4v) is 3.15. The summed E-state index contributed by atoms with van der Waals surface area (Å²) in [6, 6.07) is 6.36. The van der Waals surface area contributed by atoms with Crippen molar-refractivity contribution in [2.45, 2.75) is 19.3 Å². The molecule has 3 rings (SSSR count). The number of hydrogen-bond donors (Lipinski definition) is 2. The molecule has 1 fully saturated rings. The molecule has 1 saturated heterocycles. The Morgan fingerprint density at radius 3 is 2.54 bits per heavy atom. The predicted octanol–water partition coefficient (Wildman–Crippen LogP) is 1.79. The van der Waals surface area contributed by atoms with Gasteiger partial charge in [-0.15, -0.1) is 0 Å². The van der Waals surface area contributed by atoms with Crippen LogP contribution in [0.1, 0.15) is 24.8 Å². The lowest BCUT2D eigenvalue weighted by Crippen LogP contribution is -2.32. The minimum absolute atomic E-state index is 0.0433. The largest absolute Gasteiger partial charge is 0.493 e. The number of aromatic amines is 1. The molecule has 1 aromatic carbocycles. The zero-order valence-electron chi connectivity index (χ0n) is 14.3. The molecule has 0 amide bonds. The number of benzene rings is 1. The average Bonchev–Trinajstić information content (AvgIpc) is 2.63. The van der Waals surface area contributed by atoms with Crippen molar-refractivity contribution in [3.63, 3.8) is 0 Å². The quantitative estimate of drug-likeness (QED) is 0.778. The first-order valence-electron chi connectivity index (χ1n) is 8.62. The van der Waals surface area contributed by atoms with E-state index in [0.717, 1.165) is 24.2 Å². The van der Waals surface area contributed by atoms with Crippen LogP contribution in [0.4, 0.5) is 0 Å². The number of nitrogens with zero attached hydrogens (tertiary/aromatic N) is 3. The Balaban J connectivity index is 1.81. The van der Waals surface area contributed by atoms with Crippen LogP contribution in [0.25, 0.3) is 5.69 Å². The lowest BCUT2D eigenvalue weighted by molar-refractivity contribution is 0.235. The third kappa shape index (κ3) is 4.23. The SMILES string of the molecule is O=c1[nH]c(=O)n(-c2ccc(Cl)cc2)c(O)c1C=NCCN1CCCCC1. The fraction of sp³-hybridized carbons (Fsp3) is 0.389. The predicted molar refractivity (Wildman–Crippen MR) is 102 cm³/mol. The second kappa shape index (κ2) is 8.33. The molecule has 1 aliphatic heterocycles. The zero-order chi connectivity index (χ0) is 18.5. The molecule has 0 bridgehead atoms. The van der Waals surface area contributed by atoms with Crippen molar-refractivity contribution in [1.82, 2.24) is 14.5 Å². The number of aromatic nitrogens is 2. The van der Waals surface area contributed by atoms with Gasteiger partial charge in [0.25, 0.3) is 5.56 Å². The molecular weight excluding hydrogens is 356 g/mol. The number of rotatable bonds is 5. The van der Waals surface area contributed by atoms with Crippen molar-refractivity contribution >= 4 is 17.8 Å². The summed E-state index contributed by atoms with van der Waals surface area (Å²) in [7, 11) is 0. The Labute approximate surface area is 155 Å². The van der Waals surface area contributed by atoms with Gasteiger partial charge in [-0.3, -0.25) is 14.8 Å². The summed E-state index contributed by atoms with van der Waals surface area (Å²) in [6.07, 6.45) is 5.01. The van der Waals surface area contributed by atoms with Crippen molar-refractivity contribution in [2.24, 2.45) is 4.99 Å². The van der Waals surface area contributed by atoms with E-state index in [4.69, 9.17) is 11.6 Å². The van der Waals surface area contributed by atoms with E-state index in [-0.39, 0.29) is 5.56 Å². The van der Waals surface area contributed by atoms with Gasteiger partial charge in [-0.05, 0) is 50.2 Å². The summed E-state index contributed by atoms with van der Waals surface area (Å²) < 4.78 is 1.02. The molecule has 2 heterocycles. The molecule has 8 heteroatoms. The summed E-state index contributed by atoms with van der Waals surface area (Å²) in [5, 5.41) is 10.9. The first-order valence-corrected chi connectivity index (χ1v) is 9.00. The Kier molecular flexibility index (Phi) is 5.90. The average molecular weight is 377 g/mol. The van der Waals surface area contributed by atoms with Crippen LogP contribution in [-0.2, 0) is 0 Å². The maximum absolute atomic E-state index is 12.1. The number of H-pyrrole nitrogens is 1. The Morgan fingerprint density at radius 2 is 1.85 bits per heavy atom. The van der Waals surface area contributed by atoms with Gasteiger partial charge >= 0.3 is 5.69 Å². The lowest BCUT2D eigenvalue weighted by Gasteiger charge is -2.25. The molecule has 1 aliphatic rings. The highest BCUT2D eigenvalue weighted by atomic mass is 35.5. The van der Waals surface area contributed by atoms with E-state index in [1.54, 1.807) is 24.3 Å². The molecule has 7 nitrogen and oxygen atoms in total. The second-order valence-corrected chi connectivity index (χ2v) is 6.68. The van der Waals surface area contributed by atoms with Gasteiger partial charge in [0, 0.05) is 17.8 Å². The normalized spacial score (nSPS) is 15.6. The summed E-state index contributed by atoms with van der Waals surface area (Å²) in [4.78, 5) is 32.9. The number of nitrogens with one attached hydrogen (secondary N) is 1. The highest BCUT2D eigenvalue weighted by Gasteiger charge is 2.14. The molecular formula is C18H21ClN4O3. The van der Waals surface area contributed by atoms with Gasteiger partial charge in [0.2, 0.25) is 5.88 Å². The van der Waals surface area contributed by atoms with Crippen molar-refractivity contribution in [3.8, 4) is 11.6 Å². The Morgan fingerprint density at radius 1 is 1.15 bits per heavy atom. The van der Waals surface area contributed by atoms with Crippen molar-refractivity contribution < 1.29 is 5.11 Å². The Hall–Kier alpha value is -2.38. The van der Waals surface area contributed by atoms with Crippen LogP contribution >= 0.6 is 11.6 Å². The fourth-order valence-electron chi connectivity index (χ4n) is 3.02. The maximum atomic E-state index is 12.1. The van der Waals surface area contributed by atoms with Gasteiger partial charge in [0.1, 0.15) is 5.56 Å². The first kappa shape index (κ1) is 18.4. The third-order valence-electron chi connectivity index (χ3n) is 4.42. The van der Waals surface area contributed by atoms with Crippen molar-refractivity contribution in [3.05, 3.63) is 55.7 Å². The van der Waals surface area contributed by atoms with Crippen LogP contribution in [0.2, 0.25) is 5.02 Å². The lowest BCUT2D eigenvalue weighted by atomic mass is 10.1. The second-order valence-electron chi connectivity index (χ2n) is 6.25. The van der Waals surface area contributed by atoms with Crippen LogP contribution < -0.4 is 11.2 Å². The van der Waals surface area contributed by atoms with Gasteiger partial charge < -0.3 is 10.0 Å². The van der Waals surface area contributed by atoms with Gasteiger partial charge in [-0.1, -0.05) is 18.0 Å². The molecule has 26 heavy (non-hydrogen) atoms. The summed E-state index contributed by atoms with van der Waals surface area (Å²) in [5.41, 5.74) is -1.03.